The van der Waals surface area contributed by atoms with Crippen LogP contribution >= 0.6 is 0 Å². The molecule has 0 aliphatic heterocycles. The molecule has 2 amide bonds. The van der Waals surface area contributed by atoms with E-state index in [1.54, 1.807) is 14.2 Å². The lowest BCUT2D eigenvalue weighted by Crippen LogP contribution is -2.38. The summed E-state index contributed by atoms with van der Waals surface area (Å²) < 4.78 is 16.5. The van der Waals surface area contributed by atoms with Crippen molar-refractivity contribution < 1.29 is 19.0 Å². The fraction of sp³-hybridized carbons (Fsp3) is 0.947. The van der Waals surface area contributed by atoms with Crippen LogP contribution in [0.2, 0.25) is 0 Å². The number of ether oxygens (including phenoxy) is 3. The summed E-state index contributed by atoms with van der Waals surface area (Å²) in [5.74, 6) is 0. The third-order valence-electron chi connectivity index (χ3n) is 4.54. The van der Waals surface area contributed by atoms with Crippen LogP contribution in [0, 0.1) is 0 Å². The van der Waals surface area contributed by atoms with Gasteiger partial charge in [0.1, 0.15) is 0 Å². The zero-order valence-electron chi connectivity index (χ0n) is 16.7. The van der Waals surface area contributed by atoms with E-state index in [1.807, 2.05) is 0 Å². The number of urea groups is 1. The van der Waals surface area contributed by atoms with Crippen molar-refractivity contribution >= 4 is 6.03 Å². The maximum absolute atomic E-state index is 11.1. The second kappa shape index (κ2) is 16.6. The summed E-state index contributed by atoms with van der Waals surface area (Å²) in [6.45, 7) is 4.90. The summed E-state index contributed by atoms with van der Waals surface area (Å²) in [6, 6.07) is -0.332. The number of amides is 2. The van der Waals surface area contributed by atoms with E-state index < -0.39 is 6.03 Å². The summed E-state index contributed by atoms with van der Waals surface area (Å²) >= 11 is 0. The van der Waals surface area contributed by atoms with Gasteiger partial charge in [-0.3, -0.25) is 0 Å². The van der Waals surface area contributed by atoms with E-state index in [4.69, 9.17) is 19.9 Å². The van der Waals surface area contributed by atoms with Crippen LogP contribution in [0.1, 0.15) is 78.1 Å². The first-order chi connectivity index (χ1) is 12.1. The molecular formula is C19H40N2O4. The number of methoxy groups -OCH3 is 2. The molecule has 2 unspecified atom stereocenters. The molecule has 0 aliphatic carbocycles. The Morgan fingerprint density at radius 2 is 1.64 bits per heavy atom. The second-order valence-electron chi connectivity index (χ2n) is 6.58. The normalized spacial score (nSPS) is 13.8. The predicted molar refractivity (Wildman–Crippen MR) is 102 cm³/mol. The summed E-state index contributed by atoms with van der Waals surface area (Å²) in [7, 11) is 3.28. The van der Waals surface area contributed by atoms with E-state index in [0.717, 1.165) is 32.1 Å². The SMILES string of the molecule is CCCCCCCC(CCC(CC)NC(N)=O)OCCC(OC)OC. The molecule has 0 heterocycles. The minimum atomic E-state index is -0.452. The average Bonchev–Trinajstić information content (AvgIpc) is 2.60. The van der Waals surface area contributed by atoms with Crippen molar-refractivity contribution in [1.29, 1.82) is 0 Å². The molecule has 0 spiro atoms. The largest absolute Gasteiger partial charge is 0.378 e. The van der Waals surface area contributed by atoms with E-state index in [2.05, 4.69) is 19.2 Å². The molecule has 0 saturated carbocycles. The number of primary amides is 1. The summed E-state index contributed by atoms with van der Waals surface area (Å²) in [5.41, 5.74) is 5.24. The van der Waals surface area contributed by atoms with Crippen LogP contribution in [-0.2, 0) is 14.2 Å². The van der Waals surface area contributed by atoms with Crippen molar-refractivity contribution in [2.45, 2.75) is 96.5 Å². The molecule has 0 aromatic carbocycles. The zero-order valence-corrected chi connectivity index (χ0v) is 16.7. The third kappa shape index (κ3) is 14.0. The molecule has 0 saturated heterocycles. The van der Waals surface area contributed by atoms with Crippen LogP contribution in [0.25, 0.3) is 0 Å². The Kier molecular flexibility index (Phi) is 16.0. The second-order valence-corrected chi connectivity index (χ2v) is 6.58. The van der Waals surface area contributed by atoms with Crippen LogP contribution < -0.4 is 11.1 Å². The van der Waals surface area contributed by atoms with Crippen molar-refractivity contribution in [1.82, 2.24) is 5.32 Å². The molecule has 0 rings (SSSR count). The van der Waals surface area contributed by atoms with Gasteiger partial charge in [0.25, 0.3) is 0 Å². The van der Waals surface area contributed by atoms with E-state index in [-0.39, 0.29) is 18.4 Å². The Labute approximate surface area is 154 Å². The molecule has 2 atom stereocenters. The van der Waals surface area contributed by atoms with Gasteiger partial charge in [0.15, 0.2) is 6.29 Å². The van der Waals surface area contributed by atoms with Crippen molar-refractivity contribution in [2.24, 2.45) is 5.73 Å². The number of hydrogen-bond acceptors (Lipinski definition) is 4. The van der Waals surface area contributed by atoms with Crippen LogP contribution in [0.3, 0.4) is 0 Å². The number of nitrogens with two attached hydrogens (primary N) is 1. The molecule has 3 N–H and O–H groups in total. The molecule has 6 heteroatoms. The van der Waals surface area contributed by atoms with E-state index >= 15 is 0 Å². The Morgan fingerprint density at radius 1 is 0.960 bits per heavy atom. The maximum Gasteiger partial charge on any atom is 0.312 e. The Hall–Kier alpha value is -0.850. The van der Waals surface area contributed by atoms with Gasteiger partial charge in [-0.15, -0.1) is 0 Å². The topological polar surface area (TPSA) is 82.8 Å². The highest BCUT2D eigenvalue weighted by Gasteiger charge is 2.15. The molecule has 0 radical (unpaired) electrons. The van der Waals surface area contributed by atoms with Gasteiger partial charge in [0.05, 0.1) is 12.7 Å². The van der Waals surface area contributed by atoms with Gasteiger partial charge in [0, 0.05) is 26.7 Å². The number of unbranched alkanes of at least 4 members (excludes halogenated alkanes) is 4. The number of carbonyl (C=O) groups is 1. The number of nitrogens with one attached hydrogen (secondary N) is 1. The summed E-state index contributed by atoms with van der Waals surface area (Å²) in [6.07, 6.45) is 10.7. The quantitative estimate of drug-likeness (QED) is 0.304. The van der Waals surface area contributed by atoms with Crippen LogP contribution in [0.5, 0.6) is 0 Å². The monoisotopic (exact) mass is 360 g/mol. The highest BCUT2D eigenvalue weighted by Crippen LogP contribution is 2.16. The third-order valence-corrected chi connectivity index (χ3v) is 4.54. The minimum Gasteiger partial charge on any atom is -0.378 e. The van der Waals surface area contributed by atoms with Crippen molar-refractivity contribution in [2.75, 3.05) is 20.8 Å². The molecule has 0 aromatic heterocycles. The smallest absolute Gasteiger partial charge is 0.312 e. The van der Waals surface area contributed by atoms with Crippen LogP contribution in [-0.4, -0.2) is 45.3 Å². The first kappa shape index (κ1) is 24.1. The zero-order chi connectivity index (χ0) is 18.9. The summed E-state index contributed by atoms with van der Waals surface area (Å²) in [4.78, 5) is 11.1. The number of hydrogen-bond donors (Lipinski definition) is 2. The summed E-state index contributed by atoms with van der Waals surface area (Å²) in [5, 5.41) is 2.80. The van der Waals surface area contributed by atoms with Gasteiger partial charge >= 0.3 is 6.03 Å². The van der Waals surface area contributed by atoms with Gasteiger partial charge in [-0.25, -0.2) is 4.79 Å². The van der Waals surface area contributed by atoms with Crippen LogP contribution in [0.4, 0.5) is 4.79 Å². The minimum absolute atomic E-state index is 0.120. The average molecular weight is 361 g/mol. The lowest BCUT2D eigenvalue weighted by Gasteiger charge is -2.22. The van der Waals surface area contributed by atoms with Gasteiger partial charge in [-0.2, -0.15) is 0 Å². The fourth-order valence-electron chi connectivity index (χ4n) is 2.92. The predicted octanol–water partition coefficient (Wildman–Crippen LogP) is 3.97. The van der Waals surface area contributed by atoms with Crippen molar-refractivity contribution in [3.05, 3.63) is 0 Å². The molecule has 0 bridgehead atoms. The van der Waals surface area contributed by atoms with E-state index in [9.17, 15) is 4.79 Å². The number of carbonyl (C=O) groups excluding carboxylic acids is 1. The Bertz CT molecular complexity index is 312. The van der Waals surface area contributed by atoms with E-state index in [1.165, 1.54) is 32.1 Å². The highest BCUT2D eigenvalue weighted by atomic mass is 16.7. The van der Waals surface area contributed by atoms with Gasteiger partial charge in [0.2, 0.25) is 0 Å². The Balaban J connectivity index is 4.27. The molecule has 0 aromatic rings. The molecule has 25 heavy (non-hydrogen) atoms. The maximum atomic E-state index is 11.1. The molecule has 150 valence electrons. The van der Waals surface area contributed by atoms with Crippen LogP contribution in [0.15, 0.2) is 0 Å². The Morgan fingerprint density at radius 3 is 2.20 bits per heavy atom. The first-order valence-corrected chi connectivity index (χ1v) is 9.80. The molecule has 6 nitrogen and oxygen atoms in total. The van der Waals surface area contributed by atoms with Gasteiger partial charge in [-0.1, -0.05) is 46.0 Å². The van der Waals surface area contributed by atoms with Gasteiger partial charge < -0.3 is 25.3 Å². The lowest BCUT2D eigenvalue weighted by molar-refractivity contribution is -0.120. The van der Waals surface area contributed by atoms with E-state index in [0.29, 0.717) is 6.61 Å². The first-order valence-electron chi connectivity index (χ1n) is 9.80. The van der Waals surface area contributed by atoms with Crippen molar-refractivity contribution in [3.8, 4) is 0 Å². The fourth-order valence-corrected chi connectivity index (χ4v) is 2.92. The van der Waals surface area contributed by atoms with Gasteiger partial charge in [-0.05, 0) is 25.7 Å². The number of rotatable bonds is 17. The molecule has 0 fully saturated rings. The lowest BCUT2D eigenvalue weighted by atomic mass is 10.0. The van der Waals surface area contributed by atoms with Crippen molar-refractivity contribution in [3.63, 3.8) is 0 Å². The highest BCUT2D eigenvalue weighted by molar-refractivity contribution is 5.71. The molecular weight excluding hydrogens is 320 g/mol. The standard InChI is InChI=1S/C19H40N2O4/c1-5-7-8-9-10-11-17(25-15-14-18(23-3)24-4)13-12-16(6-2)21-19(20)22/h16-18H,5-15H2,1-4H3,(H3,20,21,22). The molecule has 0 aliphatic rings.